The Hall–Kier alpha value is -3.94. The maximum Gasteiger partial charge on any atom is 0.315 e. The number of nitrogens with one attached hydrogen (secondary N) is 1. The highest BCUT2D eigenvalue weighted by Crippen LogP contribution is 2.42. The first-order valence-electron chi connectivity index (χ1n) is 13.0. The number of methoxy groups -OCH3 is 1. The first-order valence-corrected chi connectivity index (χ1v) is 13.0. The molecule has 3 aromatic rings. The van der Waals surface area contributed by atoms with Crippen molar-refractivity contribution in [2.75, 3.05) is 20.4 Å². The number of rotatable bonds is 8. The molecular weight excluding hydrogens is 486 g/mol. The highest BCUT2D eigenvalue weighted by Gasteiger charge is 2.40. The zero-order valence-corrected chi connectivity index (χ0v) is 21.2. The SMILES string of the molecule is COc1ccc2ncc(C#N)c(CCN3[C@@H]4CC[C@H]3CC(NCc3cc5c(c([N+](=O)[O-])c3)OCO5)C4)c2c1. The predicted molar refractivity (Wildman–Crippen MR) is 139 cm³/mol. The normalized spacial score (nSPS) is 21.9. The van der Waals surface area contributed by atoms with Crippen LogP contribution in [-0.2, 0) is 13.0 Å². The fourth-order valence-electron chi connectivity index (χ4n) is 6.31. The third-order valence-corrected chi connectivity index (χ3v) is 8.12. The molecule has 4 heterocycles. The molecule has 0 amide bonds. The Labute approximate surface area is 220 Å². The standard InChI is InChI=1S/C28H29N5O5/c1-36-22-4-5-25-24(12-22)23(18(13-29)15-31-25)6-7-32-20-2-3-21(32)11-19(10-20)30-14-17-8-26(33(34)35)28-27(9-17)37-16-38-28/h4-5,8-9,12,15,19-21,30H,2-3,6-7,10-11,14,16H2,1H3/t19?,20-,21+. The van der Waals surface area contributed by atoms with Crippen LogP contribution in [0.1, 0.15) is 42.4 Å². The molecule has 0 saturated carbocycles. The number of aromatic nitrogens is 1. The van der Waals surface area contributed by atoms with E-state index in [1.807, 2.05) is 24.3 Å². The number of piperidine rings is 1. The Kier molecular flexibility index (Phi) is 6.47. The van der Waals surface area contributed by atoms with Gasteiger partial charge in [-0.2, -0.15) is 5.26 Å². The molecule has 1 N–H and O–H groups in total. The van der Waals surface area contributed by atoms with E-state index in [0.717, 1.165) is 66.4 Å². The van der Waals surface area contributed by atoms with Gasteiger partial charge in [0, 0.05) is 48.9 Å². The smallest absolute Gasteiger partial charge is 0.315 e. The van der Waals surface area contributed by atoms with Gasteiger partial charge in [-0.1, -0.05) is 0 Å². The predicted octanol–water partition coefficient (Wildman–Crippen LogP) is 4.08. The molecule has 2 fully saturated rings. The molecule has 196 valence electrons. The van der Waals surface area contributed by atoms with Gasteiger partial charge in [0.1, 0.15) is 11.8 Å². The Bertz CT molecular complexity index is 1420. The first-order chi connectivity index (χ1) is 18.5. The lowest BCUT2D eigenvalue weighted by Crippen LogP contribution is -2.49. The van der Waals surface area contributed by atoms with E-state index < -0.39 is 4.92 Å². The fraction of sp³-hybridized carbons (Fsp3) is 0.429. The van der Waals surface area contributed by atoms with Crippen LogP contribution in [0.5, 0.6) is 17.2 Å². The minimum absolute atomic E-state index is 0.00751. The third-order valence-electron chi connectivity index (χ3n) is 8.12. The van der Waals surface area contributed by atoms with Crippen molar-refractivity contribution in [3.05, 3.63) is 63.3 Å². The molecule has 10 heteroatoms. The number of nitrogens with zero attached hydrogens (tertiary/aromatic N) is 4. The minimum Gasteiger partial charge on any atom is -0.497 e. The van der Waals surface area contributed by atoms with Gasteiger partial charge in [-0.15, -0.1) is 0 Å². The summed E-state index contributed by atoms with van der Waals surface area (Å²) in [6.07, 6.45) is 6.83. The average Bonchev–Trinajstić information content (AvgIpc) is 3.50. The lowest BCUT2D eigenvalue weighted by Gasteiger charge is -2.39. The molecule has 6 rings (SSSR count). The summed E-state index contributed by atoms with van der Waals surface area (Å²) in [6, 6.07) is 12.8. The van der Waals surface area contributed by atoms with Crippen LogP contribution in [-0.4, -0.2) is 53.4 Å². The van der Waals surface area contributed by atoms with Gasteiger partial charge in [-0.05, 0) is 67.5 Å². The molecule has 2 aromatic carbocycles. The maximum absolute atomic E-state index is 11.5. The summed E-state index contributed by atoms with van der Waals surface area (Å²) in [5.41, 5.74) is 3.28. The Morgan fingerprint density at radius 1 is 1.24 bits per heavy atom. The number of hydrogen-bond acceptors (Lipinski definition) is 9. The van der Waals surface area contributed by atoms with Crippen LogP contribution in [0.25, 0.3) is 10.9 Å². The molecule has 0 spiro atoms. The van der Waals surface area contributed by atoms with E-state index in [2.05, 4.69) is 21.3 Å². The second-order valence-electron chi connectivity index (χ2n) is 10.2. The highest BCUT2D eigenvalue weighted by molar-refractivity contribution is 5.85. The number of nitro benzene ring substituents is 1. The summed E-state index contributed by atoms with van der Waals surface area (Å²) in [7, 11) is 1.64. The largest absolute Gasteiger partial charge is 0.497 e. The number of ether oxygens (including phenoxy) is 3. The molecule has 3 atom stereocenters. The van der Waals surface area contributed by atoms with E-state index in [4.69, 9.17) is 14.2 Å². The van der Waals surface area contributed by atoms with Gasteiger partial charge < -0.3 is 19.5 Å². The van der Waals surface area contributed by atoms with Gasteiger partial charge in [-0.25, -0.2) is 0 Å². The van der Waals surface area contributed by atoms with Crippen LogP contribution in [0.2, 0.25) is 0 Å². The van der Waals surface area contributed by atoms with Crippen LogP contribution in [0.15, 0.2) is 36.5 Å². The van der Waals surface area contributed by atoms with Crippen LogP contribution < -0.4 is 19.5 Å². The van der Waals surface area contributed by atoms with Crippen molar-refractivity contribution >= 4 is 16.6 Å². The maximum atomic E-state index is 11.5. The van der Waals surface area contributed by atoms with Crippen molar-refractivity contribution in [2.24, 2.45) is 0 Å². The van der Waals surface area contributed by atoms with Gasteiger partial charge in [0.2, 0.25) is 12.5 Å². The second-order valence-corrected chi connectivity index (χ2v) is 10.2. The van der Waals surface area contributed by atoms with Gasteiger partial charge >= 0.3 is 5.69 Å². The first kappa shape index (κ1) is 24.4. The Morgan fingerprint density at radius 3 is 2.79 bits per heavy atom. The fourth-order valence-corrected chi connectivity index (χ4v) is 6.31. The van der Waals surface area contributed by atoms with Gasteiger partial charge in [0.25, 0.3) is 0 Å². The van der Waals surface area contributed by atoms with Crippen molar-refractivity contribution in [3.8, 4) is 23.3 Å². The Balaban J connectivity index is 1.12. The van der Waals surface area contributed by atoms with Crippen molar-refractivity contribution < 1.29 is 19.1 Å². The van der Waals surface area contributed by atoms with E-state index >= 15 is 0 Å². The van der Waals surface area contributed by atoms with Gasteiger partial charge in [-0.3, -0.25) is 20.0 Å². The summed E-state index contributed by atoms with van der Waals surface area (Å²) >= 11 is 0. The molecule has 10 nitrogen and oxygen atoms in total. The third kappa shape index (κ3) is 4.48. The summed E-state index contributed by atoms with van der Waals surface area (Å²) < 4.78 is 16.1. The minimum atomic E-state index is -0.421. The topological polar surface area (TPSA) is 123 Å². The van der Waals surface area contributed by atoms with E-state index in [0.29, 0.717) is 36.0 Å². The van der Waals surface area contributed by atoms with Crippen molar-refractivity contribution in [1.29, 1.82) is 5.26 Å². The van der Waals surface area contributed by atoms with E-state index in [9.17, 15) is 15.4 Å². The van der Waals surface area contributed by atoms with Crippen LogP contribution in [0.3, 0.4) is 0 Å². The molecule has 3 aliphatic rings. The zero-order valence-electron chi connectivity index (χ0n) is 21.2. The van der Waals surface area contributed by atoms with E-state index in [1.165, 1.54) is 0 Å². The van der Waals surface area contributed by atoms with Crippen LogP contribution >= 0.6 is 0 Å². The molecule has 0 aliphatic carbocycles. The number of nitriles is 1. The van der Waals surface area contributed by atoms with E-state index in [1.54, 1.807) is 19.4 Å². The number of benzene rings is 2. The number of fused-ring (bicyclic) bond motifs is 4. The van der Waals surface area contributed by atoms with Crippen LogP contribution in [0, 0.1) is 21.4 Å². The lowest BCUT2D eigenvalue weighted by molar-refractivity contribution is -0.385. The van der Waals surface area contributed by atoms with Gasteiger partial charge in [0.15, 0.2) is 5.75 Å². The number of pyridine rings is 1. The summed E-state index contributed by atoms with van der Waals surface area (Å²) in [6.45, 7) is 1.44. The molecular formula is C28H29N5O5. The number of hydrogen-bond donors (Lipinski definition) is 1. The lowest BCUT2D eigenvalue weighted by atomic mass is 9.95. The van der Waals surface area contributed by atoms with E-state index in [-0.39, 0.29) is 18.2 Å². The molecule has 1 unspecified atom stereocenters. The average molecular weight is 516 g/mol. The van der Waals surface area contributed by atoms with Crippen molar-refractivity contribution in [2.45, 2.75) is 56.8 Å². The highest BCUT2D eigenvalue weighted by atomic mass is 16.7. The Morgan fingerprint density at radius 2 is 2.05 bits per heavy atom. The van der Waals surface area contributed by atoms with Gasteiger partial charge in [0.05, 0.1) is 23.1 Å². The summed E-state index contributed by atoms with van der Waals surface area (Å²) in [4.78, 5) is 18.1. The monoisotopic (exact) mass is 515 g/mol. The quantitative estimate of drug-likeness (QED) is 0.349. The second kappa shape index (κ2) is 10.1. The molecule has 2 saturated heterocycles. The molecule has 38 heavy (non-hydrogen) atoms. The molecule has 2 bridgehead atoms. The number of nitro groups is 1. The van der Waals surface area contributed by atoms with Crippen LogP contribution in [0.4, 0.5) is 5.69 Å². The molecule has 1 aromatic heterocycles. The van der Waals surface area contributed by atoms with Crippen molar-refractivity contribution in [3.63, 3.8) is 0 Å². The summed E-state index contributed by atoms with van der Waals surface area (Å²) in [5, 5.41) is 25.8. The summed E-state index contributed by atoms with van der Waals surface area (Å²) in [5.74, 6) is 1.41. The van der Waals surface area contributed by atoms with Crippen molar-refractivity contribution in [1.82, 2.24) is 15.2 Å². The molecule has 3 aliphatic heterocycles. The zero-order chi connectivity index (χ0) is 26.2. The molecule has 0 radical (unpaired) electrons.